The van der Waals surface area contributed by atoms with Crippen LogP contribution in [-0.4, -0.2) is 43.3 Å². The number of hydrogen-bond donors (Lipinski definition) is 1. The molecule has 1 aliphatic rings. The molecule has 17 heavy (non-hydrogen) atoms. The fourth-order valence-electron chi connectivity index (χ4n) is 3.64. The number of rotatable bonds is 6. The monoisotopic (exact) mass is 242 g/mol. The van der Waals surface area contributed by atoms with Crippen LogP contribution in [0.3, 0.4) is 0 Å². The van der Waals surface area contributed by atoms with Crippen molar-refractivity contribution < 1.29 is 4.74 Å². The van der Waals surface area contributed by atoms with Crippen molar-refractivity contribution in [1.29, 1.82) is 0 Å². The second kappa shape index (κ2) is 6.72. The van der Waals surface area contributed by atoms with E-state index in [2.05, 4.69) is 25.7 Å². The number of ether oxygens (including phenoxy) is 1. The topological polar surface area (TPSA) is 38.5 Å². The Morgan fingerprint density at radius 3 is 2.71 bits per heavy atom. The molecule has 3 atom stereocenters. The zero-order valence-corrected chi connectivity index (χ0v) is 12.0. The molecule has 0 saturated heterocycles. The van der Waals surface area contributed by atoms with Crippen LogP contribution in [0.5, 0.6) is 0 Å². The molecule has 1 saturated carbocycles. The number of hydrogen-bond acceptors (Lipinski definition) is 3. The average molecular weight is 242 g/mol. The van der Waals surface area contributed by atoms with Crippen LogP contribution in [0.2, 0.25) is 0 Å². The van der Waals surface area contributed by atoms with Gasteiger partial charge >= 0.3 is 0 Å². The van der Waals surface area contributed by atoms with E-state index in [0.717, 1.165) is 25.6 Å². The fraction of sp³-hybridized carbons (Fsp3) is 1.00. The zero-order chi connectivity index (χ0) is 12.9. The van der Waals surface area contributed by atoms with Crippen LogP contribution < -0.4 is 5.73 Å². The molecule has 1 aliphatic carbocycles. The van der Waals surface area contributed by atoms with Crippen molar-refractivity contribution in [3.8, 4) is 0 Å². The lowest BCUT2D eigenvalue weighted by Gasteiger charge is -2.50. The number of nitrogens with two attached hydrogens (primary N) is 1. The number of nitrogens with zero attached hydrogens (tertiary/aromatic N) is 1. The largest absolute Gasteiger partial charge is 0.383 e. The molecule has 3 unspecified atom stereocenters. The molecule has 0 spiro atoms. The van der Waals surface area contributed by atoms with Gasteiger partial charge in [0.2, 0.25) is 0 Å². The molecule has 3 heteroatoms. The zero-order valence-electron chi connectivity index (χ0n) is 12.0. The van der Waals surface area contributed by atoms with Crippen LogP contribution in [0.1, 0.15) is 46.5 Å². The van der Waals surface area contributed by atoms with Gasteiger partial charge in [-0.25, -0.2) is 0 Å². The van der Waals surface area contributed by atoms with Crippen LogP contribution in [-0.2, 0) is 4.74 Å². The SMILES string of the molecule is CCN(C(C)COC)C1(CN)CCCC(C)C1. The Bertz CT molecular complexity index is 222. The summed E-state index contributed by atoms with van der Waals surface area (Å²) in [6.45, 7) is 9.49. The molecule has 0 heterocycles. The second-order valence-corrected chi connectivity index (χ2v) is 5.72. The van der Waals surface area contributed by atoms with Gasteiger partial charge in [-0.1, -0.05) is 26.7 Å². The van der Waals surface area contributed by atoms with Gasteiger partial charge in [0.25, 0.3) is 0 Å². The van der Waals surface area contributed by atoms with Gasteiger partial charge in [-0.15, -0.1) is 0 Å². The van der Waals surface area contributed by atoms with Gasteiger partial charge in [-0.05, 0) is 32.2 Å². The van der Waals surface area contributed by atoms with E-state index in [-0.39, 0.29) is 5.54 Å². The van der Waals surface area contributed by atoms with Crippen molar-refractivity contribution in [2.75, 3.05) is 26.8 Å². The van der Waals surface area contributed by atoms with Gasteiger partial charge in [0.15, 0.2) is 0 Å². The summed E-state index contributed by atoms with van der Waals surface area (Å²) in [7, 11) is 1.78. The Morgan fingerprint density at radius 2 is 2.24 bits per heavy atom. The smallest absolute Gasteiger partial charge is 0.0615 e. The second-order valence-electron chi connectivity index (χ2n) is 5.72. The van der Waals surface area contributed by atoms with E-state index in [1.165, 1.54) is 25.7 Å². The predicted molar refractivity (Wildman–Crippen MR) is 73.1 cm³/mol. The molecule has 0 aromatic heterocycles. The predicted octanol–water partition coefficient (Wildman–Crippen LogP) is 2.25. The van der Waals surface area contributed by atoms with Crippen molar-refractivity contribution in [3.05, 3.63) is 0 Å². The third-order valence-corrected chi connectivity index (χ3v) is 4.34. The number of likely N-dealkylation sites (N-methyl/N-ethyl adjacent to an activating group) is 1. The van der Waals surface area contributed by atoms with Gasteiger partial charge in [0, 0.05) is 25.2 Å². The summed E-state index contributed by atoms with van der Waals surface area (Å²) >= 11 is 0. The molecular weight excluding hydrogens is 212 g/mol. The Morgan fingerprint density at radius 1 is 1.53 bits per heavy atom. The van der Waals surface area contributed by atoms with Crippen molar-refractivity contribution in [1.82, 2.24) is 4.90 Å². The highest BCUT2D eigenvalue weighted by Gasteiger charge is 2.40. The maximum Gasteiger partial charge on any atom is 0.0615 e. The number of methoxy groups -OCH3 is 1. The lowest BCUT2D eigenvalue weighted by atomic mass is 9.74. The molecular formula is C14H30N2O. The van der Waals surface area contributed by atoms with E-state index < -0.39 is 0 Å². The summed E-state index contributed by atoms with van der Waals surface area (Å²) < 4.78 is 5.31. The summed E-state index contributed by atoms with van der Waals surface area (Å²) in [5.41, 5.74) is 6.34. The molecule has 3 nitrogen and oxygen atoms in total. The van der Waals surface area contributed by atoms with Gasteiger partial charge < -0.3 is 10.5 Å². The molecule has 0 bridgehead atoms. The Hall–Kier alpha value is -0.120. The van der Waals surface area contributed by atoms with Crippen molar-refractivity contribution in [2.45, 2.75) is 58.0 Å². The first kappa shape index (κ1) is 14.9. The third-order valence-electron chi connectivity index (χ3n) is 4.34. The molecule has 1 rings (SSSR count). The first-order valence-electron chi connectivity index (χ1n) is 7.05. The molecule has 102 valence electrons. The highest BCUT2D eigenvalue weighted by molar-refractivity contribution is 4.97. The van der Waals surface area contributed by atoms with Crippen LogP contribution in [0, 0.1) is 5.92 Å². The van der Waals surface area contributed by atoms with Gasteiger partial charge in [0.1, 0.15) is 0 Å². The Labute approximate surface area is 107 Å². The van der Waals surface area contributed by atoms with E-state index in [9.17, 15) is 0 Å². The van der Waals surface area contributed by atoms with Crippen LogP contribution in [0.15, 0.2) is 0 Å². The standard InChI is InChI=1S/C14H30N2O/c1-5-16(13(3)10-17-4)14(11-15)8-6-7-12(2)9-14/h12-13H,5-11,15H2,1-4H3. The molecule has 0 aromatic rings. The third kappa shape index (κ3) is 3.43. The normalized spacial score (nSPS) is 31.8. The van der Waals surface area contributed by atoms with Crippen molar-refractivity contribution >= 4 is 0 Å². The van der Waals surface area contributed by atoms with Crippen LogP contribution in [0.25, 0.3) is 0 Å². The molecule has 0 amide bonds. The van der Waals surface area contributed by atoms with E-state index in [4.69, 9.17) is 10.5 Å². The first-order chi connectivity index (χ1) is 8.09. The van der Waals surface area contributed by atoms with Crippen molar-refractivity contribution in [3.63, 3.8) is 0 Å². The molecule has 0 aromatic carbocycles. The van der Waals surface area contributed by atoms with E-state index in [1.807, 2.05) is 0 Å². The van der Waals surface area contributed by atoms with Crippen molar-refractivity contribution in [2.24, 2.45) is 11.7 Å². The lowest BCUT2D eigenvalue weighted by Crippen LogP contribution is -2.59. The minimum atomic E-state index is 0.213. The maximum absolute atomic E-state index is 6.13. The highest BCUT2D eigenvalue weighted by atomic mass is 16.5. The minimum Gasteiger partial charge on any atom is -0.383 e. The quantitative estimate of drug-likeness (QED) is 0.776. The van der Waals surface area contributed by atoms with E-state index >= 15 is 0 Å². The first-order valence-corrected chi connectivity index (χ1v) is 7.05. The summed E-state index contributed by atoms with van der Waals surface area (Å²) in [6.07, 6.45) is 5.16. The van der Waals surface area contributed by atoms with Crippen LogP contribution >= 0.6 is 0 Å². The molecule has 1 fully saturated rings. The molecule has 0 radical (unpaired) electrons. The maximum atomic E-state index is 6.13. The van der Waals surface area contributed by atoms with E-state index in [0.29, 0.717) is 6.04 Å². The molecule has 2 N–H and O–H groups in total. The molecule has 0 aliphatic heterocycles. The Balaban J connectivity index is 2.80. The summed E-state index contributed by atoms with van der Waals surface area (Å²) in [6, 6.07) is 0.457. The van der Waals surface area contributed by atoms with Gasteiger partial charge in [-0.2, -0.15) is 0 Å². The average Bonchev–Trinajstić information content (AvgIpc) is 2.30. The highest BCUT2D eigenvalue weighted by Crippen LogP contribution is 2.37. The Kier molecular flexibility index (Phi) is 5.90. The summed E-state index contributed by atoms with van der Waals surface area (Å²) in [4.78, 5) is 2.58. The summed E-state index contributed by atoms with van der Waals surface area (Å²) in [5, 5.41) is 0. The van der Waals surface area contributed by atoms with Gasteiger partial charge in [0.05, 0.1) is 6.61 Å². The minimum absolute atomic E-state index is 0.213. The lowest BCUT2D eigenvalue weighted by molar-refractivity contribution is -0.0116. The van der Waals surface area contributed by atoms with Gasteiger partial charge in [-0.3, -0.25) is 4.90 Å². The van der Waals surface area contributed by atoms with E-state index in [1.54, 1.807) is 7.11 Å². The fourth-order valence-corrected chi connectivity index (χ4v) is 3.64. The van der Waals surface area contributed by atoms with Crippen LogP contribution in [0.4, 0.5) is 0 Å². The summed E-state index contributed by atoms with van der Waals surface area (Å²) in [5.74, 6) is 0.802.